The average Bonchev–Trinajstić information content (AvgIpc) is 2.84. The molecule has 1 amide bonds. The summed E-state index contributed by atoms with van der Waals surface area (Å²) in [6, 6.07) is 9.25. The van der Waals surface area contributed by atoms with Crippen LogP contribution in [-0.4, -0.2) is 29.2 Å². The smallest absolute Gasteiger partial charge is 0.414 e. The fourth-order valence-electron chi connectivity index (χ4n) is 3.04. The van der Waals surface area contributed by atoms with Gasteiger partial charge >= 0.3 is 6.09 Å². The van der Waals surface area contributed by atoms with E-state index in [9.17, 15) is 9.90 Å². The SMILES string of the molecule is CC(C)(C)OC(=O)N1CC(CCl)c2c1cc(O)c1ccccc21. The fourth-order valence-corrected chi connectivity index (χ4v) is 3.29. The van der Waals surface area contributed by atoms with Crippen molar-refractivity contribution in [2.24, 2.45) is 0 Å². The normalized spacial score (nSPS) is 17.4. The number of phenols is 1. The van der Waals surface area contributed by atoms with Gasteiger partial charge < -0.3 is 9.84 Å². The molecule has 5 heteroatoms. The molecule has 1 unspecified atom stereocenters. The van der Waals surface area contributed by atoms with Crippen LogP contribution in [0, 0.1) is 0 Å². The van der Waals surface area contributed by atoms with E-state index in [2.05, 4.69) is 0 Å². The van der Waals surface area contributed by atoms with Crippen LogP contribution in [0.2, 0.25) is 0 Å². The first-order chi connectivity index (χ1) is 10.8. The van der Waals surface area contributed by atoms with Crippen LogP contribution in [0.15, 0.2) is 30.3 Å². The number of anilines is 1. The number of aromatic hydroxyl groups is 1. The van der Waals surface area contributed by atoms with Gasteiger partial charge in [-0.1, -0.05) is 24.3 Å². The number of benzene rings is 2. The number of carbonyl (C=O) groups excluding carboxylic acids is 1. The highest BCUT2D eigenvalue weighted by molar-refractivity contribution is 6.19. The van der Waals surface area contributed by atoms with Gasteiger partial charge in [-0.25, -0.2) is 4.79 Å². The number of alkyl halides is 1. The Morgan fingerprint density at radius 2 is 2.00 bits per heavy atom. The van der Waals surface area contributed by atoms with Crippen LogP contribution in [-0.2, 0) is 4.74 Å². The van der Waals surface area contributed by atoms with E-state index >= 15 is 0 Å². The Morgan fingerprint density at radius 1 is 1.35 bits per heavy atom. The molecule has 0 spiro atoms. The molecule has 2 aromatic carbocycles. The quantitative estimate of drug-likeness (QED) is 0.774. The van der Waals surface area contributed by atoms with Gasteiger partial charge in [-0.3, -0.25) is 4.90 Å². The van der Waals surface area contributed by atoms with Crippen molar-refractivity contribution in [2.75, 3.05) is 17.3 Å². The first-order valence-corrected chi connectivity index (χ1v) is 8.16. The van der Waals surface area contributed by atoms with Gasteiger partial charge in [-0.15, -0.1) is 11.6 Å². The minimum atomic E-state index is -0.574. The molecule has 0 fully saturated rings. The summed E-state index contributed by atoms with van der Waals surface area (Å²) >= 11 is 6.14. The number of hydrogen-bond donors (Lipinski definition) is 1. The van der Waals surface area contributed by atoms with Crippen LogP contribution in [0.3, 0.4) is 0 Å². The first-order valence-electron chi connectivity index (χ1n) is 7.63. The van der Waals surface area contributed by atoms with Gasteiger partial charge in [0.25, 0.3) is 0 Å². The van der Waals surface area contributed by atoms with Gasteiger partial charge in [-0.2, -0.15) is 0 Å². The number of nitrogens with zero attached hydrogens (tertiary/aromatic N) is 1. The van der Waals surface area contributed by atoms with Crippen LogP contribution in [0.1, 0.15) is 32.3 Å². The van der Waals surface area contributed by atoms with Gasteiger partial charge in [0, 0.05) is 29.8 Å². The van der Waals surface area contributed by atoms with E-state index < -0.39 is 11.7 Å². The lowest BCUT2D eigenvalue weighted by Crippen LogP contribution is -2.36. The molecule has 0 saturated carbocycles. The van der Waals surface area contributed by atoms with Crippen molar-refractivity contribution >= 4 is 34.2 Å². The Hall–Kier alpha value is -1.94. The largest absolute Gasteiger partial charge is 0.507 e. The summed E-state index contributed by atoms with van der Waals surface area (Å²) in [5.74, 6) is 0.578. The molecule has 1 aliphatic rings. The van der Waals surface area contributed by atoms with Crippen molar-refractivity contribution in [1.82, 2.24) is 0 Å². The molecule has 23 heavy (non-hydrogen) atoms. The summed E-state index contributed by atoms with van der Waals surface area (Å²) in [7, 11) is 0. The van der Waals surface area contributed by atoms with Crippen molar-refractivity contribution < 1.29 is 14.6 Å². The number of ether oxygens (including phenoxy) is 1. The lowest BCUT2D eigenvalue weighted by Gasteiger charge is -2.25. The number of halogens is 1. The molecular formula is C18H20ClNO3. The highest BCUT2D eigenvalue weighted by atomic mass is 35.5. The molecular weight excluding hydrogens is 314 g/mol. The Balaban J connectivity index is 2.13. The predicted molar refractivity (Wildman–Crippen MR) is 92.7 cm³/mol. The Kier molecular flexibility index (Phi) is 3.88. The molecule has 2 aromatic rings. The van der Waals surface area contributed by atoms with Crippen LogP contribution in [0.4, 0.5) is 10.5 Å². The van der Waals surface area contributed by atoms with Crippen LogP contribution >= 0.6 is 11.6 Å². The molecule has 0 bridgehead atoms. The minimum absolute atomic E-state index is 0.0182. The number of hydrogen-bond acceptors (Lipinski definition) is 3. The van der Waals surface area contributed by atoms with Crippen molar-refractivity contribution in [2.45, 2.75) is 32.3 Å². The second-order valence-electron chi connectivity index (χ2n) is 6.82. The number of carbonyl (C=O) groups is 1. The third-order valence-corrected chi connectivity index (χ3v) is 4.32. The maximum Gasteiger partial charge on any atom is 0.414 e. The Morgan fingerprint density at radius 3 is 2.61 bits per heavy atom. The molecule has 1 atom stereocenters. The maximum atomic E-state index is 12.5. The van der Waals surface area contributed by atoms with Gasteiger partial charge in [0.2, 0.25) is 0 Å². The predicted octanol–water partition coefficient (Wildman–Crippen LogP) is 4.62. The van der Waals surface area contributed by atoms with Gasteiger partial charge in [-0.05, 0) is 31.7 Å². The highest BCUT2D eigenvalue weighted by Gasteiger charge is 2.36. The number of amides is 1. The molecule has 4 nitrogen and oxygen atoms in total. The monoisotopic (exact) mass is 333 g/mol. The third-order valence-electron chi connectivity index (χ3n) is 3.94. The summed E-state index contributed by atoms with van der Waals surface area (Å²) in [5.41, 5.74) is 1.11. The van der Waals surface area contributed by atoms with E-state index in [1.54, 1.807) is 11.0 Å². The standard InChI is InChI=1S/C18H20ClNO3/c1-18(2,3)23-17(22)20-10-11(9-19)16-13-7-5-4-6-12(13)15(21)8-14(16)20/h4-8,11,21H,9-10H2,1-3H3. The van der Waals surface area contributed by atoms with Crippen LogP contribution in [0.5, 0.6) is 5.75 Å². The molecule has 0 aromatic heterocycles. The van der Waals surface area contributed by atoms with Crippen molar-refractivity contribution in [3.8, 4) is 5.75 Å². The number of rotatable bonds is 1. The molecule has 1 heterocycles. The maximum absolute atomic E-state index is 12.5. The van der Waals surface area contributed by atoms with E-state index in [-0.39, 0.29) is 11.7 Å². The minimum Gasteiger partial charge on any atom is -0.507 e. The Labute approximate surface area is 140 Å². The summed E-state index contributed by atoms with van der Waals surface area (Å²) in [6.45, 7) is 5.96. The first kappa shape index (κ1) is 15.9. The zero-order chi connectivity index (χ0) is 16.8. The lowest BCUT2D eigenvalue weighted by molar-refractivity contribution is 0.0582. The average molecular weight is 334 g/mol. The summed E-state index contributed by atoms with van der Waals surface area (Å²) in [6.07, 6.45) is -0.416. The number of fused-ring (bicyclic) bond motifs is 3. The highest BCUT2D eigenvalue weighted by Crippen LogP contribution is 2.45. The molecule has 0 saturated heterocycles. The van der Waals surface area contributed by atoms with E-state index in [0.29, 0.717) is 18.1 Å². The molecule has 0 aliphatic carbocycles. The van der Waals surface area contributed by atoms with E-state index in [0.717, 1.165) is 16.3 Å². The van der Waals surface area contributed by atoms with Crippen LogP contribution < -0.4 is 4.90 Å². The molecule has 0 radical (unpaired) electrons. The molecule has 1 N–H and O–H groups in total. The Bertz CT molecular complexity index is 767. The van der Waals surface area contributed by atoms with Crippen LogP contribution in [0.25, 0.3) is 10.8 Å². The fraction of sp³-hybridized carbons (Fsp3) is 0.389. The molecule has 1 aliphatic heterocycles. The van der Waals surface area contributed by atoms with Crippen molar-refractivity contribution in [3.63, 3.8) is 0 Å². The summed E-state index contributed by atoms with van der Waals surface area (Å²) in [5, 5.41) is 12.0. The third kappa shape index (κ3) is 2.83. The second-order valence-corrected chi connectivity index (χ2v) is 7.12. The van der Waals surface area contributed by atoms with Crippen molar-refractivity contribution in [1.29, 1.82) is 0 Å². The lowest BCUT2D eigenvalue weighted by atomic mass is 9.95. The zero-order valence-electron chi connectivity index (χ0n) is 13.5. The van der Waals surface area contributed by atoms with E-state index in [1.807, 2.05) is 45.0 Å². The van der Waals surface area contributed by atoms with Gasteiger partial charge in [0.05, 0.1) is 5.69 Å². The number of phenolic OH excluding ortho intramolecular Hbond substituents is 1. The molecule has 3 rings (SSSR count). The van der Waals surface area contributed by atoms with Gasteiger partial charge in [0.15, 0.2) is 0 Å². The molecule has 122 valence electrons. The second kappa shape index (κ2) is 5.60. The van der Waals surface area contributed by atoms with E-state index in [4.69, 9.17) is 16.3 Å². The topological polar surface area (TPSA) is 49.8 Å². The van der Waals surface area contributed by atoms with E-state index in [1.165, 1.54) is 0 Å². The summed E-state index contributed by atoms with van der Waals surface area (Å²) < 4.78 is 5.49. The zero-order valence-corrected chi connectivity index (χ0v) is 14.2. The van der Waals surface area contributed by atoms with Crippen molar-refractivity contribution in [3.05, 3.63) is 35.9 Å². The summed E-state index contributed by atoms with van der Waals surface area (Å²) in [4.78, 5) is 14.1. The van der Waals surface area contributed by atoms with Gasteiger partial charge in [0.1, 0.15) is 11.4 Å².